The molecule has 32 heavy (non-hydrogen) atoms. The van der Waals surface area contributed by atoms with E-state index in [1.165, 1.54) is 19.3 Å². The third-order valence-corrected chi connectivity index (χ3v) is 7.06. The summed E-state index contributed by atoms with van der Waals surface area (Å²) in [6, 6.07) is 11.1. The first-order chi connectivity index (χ1) is 15.5. The van der Waals surface area contributed by atoms with Crippen molar-refractivity contribution in [3.63, 3.8) is 0 Å². The lowest BCUT2D eigenvalue weighted by molar-refractivity contribution is -0.118. The van der Waals surface area contributed by atoms with Crippen molar-refractivity contribution in [3.8, 4) is 11.5 Å². The molecule has 2 aromatic rings. The number of ether oxygens (including phenoxy) is 2. The third-order valence-electron chi connectivity index (χ3n) is 7.06. The van der Waals surface area contributed by atoms with Gasteiger partial charge in [-0.15, -0.1) is 0 Å². The maximum absolute atomic E-state index is 13.1. The molecule has 2 bridgehead atoms. The normalized spacial score (nSPS) is 24.5. The largest absolute Gasteiger partial charge is 0.493 e. The summed E-state index contributed by atoms with van der Waals surface area (Å²) in [4.78, 5) is 39.2. The highest BCUT2D eigenvalue weighted by Crippen LogP contribution is 2.47. The van der Waals surface area contributed by atoms with Crippen LogP contribution in [0.5, 0.6) is 11.5 Å². The molecule has 4 unspecified atom stereocenters. The smallest absolute Gasteiger partial charge is 0.262 e. The summed E-state index contributed by atoms with van der Waals surface area (Å²) in [5.74, 6) is 0.959. The van der Waals surface area contributed by atoms with Gasteiger partial charge in [0.25, 0.3) is 11.8 Å². The van der Waals surface area contributed by atoms with E-state index in [9.17, 15) is 14.4 Å². The maximum atomic E-state index is 13.1. The maximum Gasteiger partial charge on any atom is 0.262 e. The van der Waals surface area contributed by atoms with Gasteiger partial charge in [-0.05, 0) is 67.3 Å². The second-order valence-corrected chi connectivity index (χ2v) is 8.95. The zero-order valence-corrected chi connectivity index (χ0v) is 18.0. The number of methoxy groups -OCH3 is 1. The summed E-state index contributed by atoms with van der Waals surface area (Å²) < 4.78 is 11.9. The highest BCUT2D eigenvalue weighted by atomic mass is 16.5. The SMILES string of the molecule is COc1ccc(C(CC(N)=O)N2C(=O)c3ccccc3C2=O)cc1OC1CC2CCC1C2. The molecule has 2 fully saturated rings. The second kappa shape index (κ2) is 7.97. The quantitative estimate of drug-likeness (QED) is 0.673. The fraction of sp³-hybridized carbons (Fsp3) is 0.400. The number of rotatable bonds is 7. The number of benzene rings is 2. The highest BCUT2D eigenvalue weighted by molar-refractivity contribution is 6.21. The Bertz CT molecular complexity index is 1060. The van der Waals surface area contributed by atoms with Crippen molar-refractivity contribution in [2.24, 2.45) is 17.6 Å². The molecule has 2 N–H and O–H groups in total. The van der Waals surface area contributed by atoms with Gasteiger partial charge < -0.3 is 15.2 Å². The van der Waals surface area contributed by atoms with Gasteiger partial charge in [0.1, 0.15) is 6.10 Å². The van der Waals surface area contributed by atoms with Crippen molar-refractivity contribution in [1.82, 2.24) is 4.90 Å². The number of carbonyl (C=O) groups is 3. The van der Waals surface area contributed by atoms with E-state index < -0.39 is 23.8 Å². The number of nitrogens with zero attached hydrogens (tertiary/aromatic N) is 1. The first-order valence-corrected chi connectivity index (χ1v) is 11.1. The Morgan fingerprint density at radius 1 is 1.06 bits per heavy atom. The van der Waals surface area contributed by atoms with Crippen LogP contribution in [0.25, 0.3) is 0 Å². The molecule has 3 aliphatic rings. The fourth-order valence-electron chi connectivity index (χ4n) is 5.53. The molecule has 1 aliphatic heterocycles. The zero-order chi connectivity index (χ0) is 22.4. The van der Waals surface area contributed by atoms with Crippen LogP contribution in [0.15, 0.2) is 42.5 Å². The number of nitrogens with two attached hydrogens (primary N) is 1. The molecule has 166 valence electrons. The minimum absolute atomic E-state index is 0.131. The fourth-order valence-corrected chi connectivity index (χ4v) is 5.53. The average Bonchev–Trinajstić information content (AvgIpc) is 3.47. The van der Waals surface area contributed by atoms with E-state index in [1.54, 1.807) is 49.6 Å². The van der Waals surface area contributed by atoms with Crippen LogP contribution < -0.4 is 15.2 Å². The van der Waals surface area contributed by atoms with E-state index in [0.29, 0.717) is 34.1 Å². The summed E-state index contributed by atoms with van der Waals surface area (Å²) in [5.41, 5.74) is 6.79. The van der Waals surface area contributed by atoms with Crippen molar-refractivity contribution in [2.75, 3.05) is 7.11 Å². The van der Waals surface area contributed by atoms with Gasteiger partial charge in [0.2, 0.25) is 5.91 Å². The van der Waals surface area contributed by atoms with Crippen LogP contribution >= 0.6 is 0 Å². The number of hydrogen-bond acceptors (Lipinski definition) is 5. The van der Waals surface area contributed by atoms with E-state index in [1.807, 2.05) is 0 Å². The first kappa shape index (κ1) is 20.5. The van der Waals surface area contributed by atoms with Crippen LogP contribution in [0.3, 0.4) is 0 Å². The van der Waals surface area contributed by atoms with Crippen LogP contribution in [0.2, 0.25) is 0 Å². The van der Waals surface area contributed by atoms with Crippen molar-refractivity contribution >= 4 is 17.7 Å². The molecule has 5 rings (SSSR count). The Balaban J connectivity index is 1.49. The molecular formula is C25H26N2O5. The van der Waals surface area contributed by atoms with E-state index in [-0.39, 0.29) is 12.5 Å². The van der Waals surface area contributed by atoms with Gasteiger partial charge in [-0.2, -0.15) is 0 Å². The van der Waals surface area contributed by atoms with Crippen LogP contribution in [0, 0.1) is 11.8 Å². The summed E-state index contributed by atoms with van der Waals surface area (Å²) in [6.45, 7) is 0. The molecule has 0 radical (unpaired) electrons. The number of imide groups is 1. The summed E-state index contributed by atoms with van der Waals surface area (Å²) >= 11 is 0. The zero-order valence-electron chi connectivity index (χ0n) is 18.0. The minimum atomic E-state index is -0.826. The molecule has 0 aromatic heterocycles. The molecule has 0 saturated heterocycles. The van der Waals surface area contributed by atoms with Gasteiger partial charge in [-0.3, -0.25) is 19.3 Å². The summed E-state index contributed by atoms with van der Waals surface area (Å²) in [7, 11) is 1.58. The Labute approximate surface area is 186 Å². The Morgan fingerprint density at radius 2 is 1.78 bits per heavy atom. The molecule has 2 saturated carbocycles. The highest BCUT2D eigenvalue weighted by Gasteiger charge is 2.43. The Hall–Kier alpha value is -3.35. The molecule has 4 atom stereocenters. The molecular weight excluding hydrogens is 408 g/mol. The van der Waals surface area contributed by atoms with Gasteiger partial charge >= 0.3 is 0 Å². The number of fused-ring (bicyclic) bond motifs is 3. The van der Waals surface area contributed by atoms with Gasteiger partial charge in [0.05, 0.1) is 30.7 Å². The topological polar surface area (TPSA) is 98.9 Å². The van der Waals surface area contributed by atoms with Crippen molar-refractivity contribution < 1.29 is 23.9 Å². The van der Waals surface area contributed by atoms with Gasteiger partial charge in [-0.25, -0.2) is 0 Å². The Kier molecular flexibility index (Phi) is 5.12. The van der Waals surface area contributed by atoms with E-state index in [2.05, 4.69) is 0 Å². The minimum Gasteiger partial charge on any atom is -0.493 e. The lowest BCUT2D eigenvalue weighted by Gasteiger charge is -2.28. The number of primary amides is 1. The molecule has 3 amide bonds. The van der Waals surface area contributed by atoms with E-state index >= 15 is 0 Å². The molecule has 2 aliphatic carbocycles. The lowest BCUT2D eigenvalue weighted by Crippen LogP contribution is -2.36. The first-order valence-electron chi connectivity index (χ1n) is 11.1. The van der Waals surface area contributed by atoms with Crippen LogP contribution in [-0.4, -0.2) is 35.8 Å². The third kappa shape index (κ3) is 3.42. The monoisotopic (exact) mass is 434 g/mol. The summed E-state index contributed by atoms with van der Waals surface area (Å²) in [6.07, 6.45) is 4.63. The molecule has 0 spiro atoms. The summed E-state index contributed by atoms with van der Waals surface area (Å²) in [5, 5.41) is 0. The number of carbonyl (C=O) groups excluding carboxylic acids is 3. The number of hydrogen-bond donors (Lipinski definition) is 1. The van der Waals surface area contributed by atoms with Crippen molar-refractivity contribution in [3.05, 3.63) is 59.2 Å². The molecule has 7 nitrogen and oxygen atoms in total. The predicted molar refractivity (Wildman–Crippen MR) is 116 cm³/mol. The molecule has 7 heteroatoms. The van der Waals surface area contributed by atoms with Crippen molar-refractivity contribution in [1.29, 1.82) is 0 Å². The molecule has 1 heterocycles. The van der Waals surface area contributed by atoms with Crippen LogP contribution in [0.1, 0.15) is 64.4 Å². The van der Waals surface area contributed by atoms with Crippen molar-refractivity contribution in [2.45, 2.75) is 44.2 Å². The van der Waals surface area contributed by atoms with E-state index in [4.69, 9.17) is 15.2 Å². The van der Waals surface area contributed by atoms with Crippen LogP contribution in [0.4, 0.5) is 0 Å². The number of amides is 3. The standard InChI is InChI=1S/C25H26N2O5/c1-31-20-9-8-15(12-22(20)32-21-11-14-6-7-16(21)10-14)19(13-23(26)28)27-24(29)17-4-2-3-5-18(17)25(27)30/h2-5,8-9,12,14,16,19,21H,6-7,10-11,13H2,1H3,(H2,26,28). The lowest BCUT2D eigenvalue weighted by atomic mass is 9.97. The predicted octanol–water partition coefficient (Wildman–Crippen LogP) is 3.48. The van der Waals surface area contributed by atoms with E-state index in [0.717, 1.165) is 17.2 Å². The van der Waals surface area contributed by atoms with Gasteiger partial charge in [0, 0.05) is 0 Å². The van der Waals surface area contributed by atoms with Gasteiger partial charge in [0.15, 0.2) is 11.5 Å². The molecule has 2 aromatic carbocycles. The van der Waals surface area contributed by atoms with Crippen LogP contribution in [-0.2, 0) is 4.79 Å². The van der Waals surface area contributed by atoms with Gasteiger partial charge in [-0.1, -0.05) is 18.2 Å². The average molecular weight is 434 g/mol. The Morgan fingerprint density at radius 3 is 2.34 bits per heavy atom. The second-order valence-electron chi connectivity index (χ2n) is 8.95.